The van der Waals surface area contributed by atoms with Gasteiger partial charge in [-0.3, -0.25) is 14.9 Å². The molecule has 2 rings (SSSR count). The van der Waals surface area contributed by atoms with Gasteiger partial charge in [-0.25, -0.2) is 4.79 Å². The van der Waals surface area contributed by atoms with Crippen LogP contribution in [-0.4, -0.2) is 23.4 Å². The van der Waals surface area contributed by atoms with Crippen LogP contribution in [0.2, 0.25) is 0 Å². The van der Waals surface area contributed by atoms with E-state index in [9.17, 15) is 19.7 Å². The maximum atomic E-state index is 11.7. The standard InChI is InChI=1S/C14H12N2O5S/c1-9-2-7-12(22-9)14(18)21-8-13(17)15-10-3-5-11(6-4-10)16(19)20/h2-7H,8H2,1H3,(H,15,17). The minimum atomic E-state index is -0.558. The van der Waals surface area contributed by atoms with E-state index < -0.39 is 23.4 Å². The number of ether oxygens (including phenoxy) is 1. The number of benzene rings is 1. The highest BCUT2D eigenvalue weighted by molar-refractivity contribution is 7.13. The molecule has 0 saturated heterocycles. The van der Waals surface area contributed by atoms with Crippen molar-refractivity contribution < 1.29 is 19.2 Å². The number of esters is 1. The van der Waals surface area contributed by atoms with E-state index in [-0.39, 0.29) is 5.69 Å². The van der Waals surface area contributed by atoms with Crippen molar-refractivity contribution in [3.8, 4) is 0 Å². The van der Waals surface area contributed by atoms with E-state index >= 15 is 0 Å². The van der Waals surface area contributed by atoms with Crippen molar-refractivity contribution in [3.63, 3.8) is 0 Å². The Hall–Kier alpha value is -2.74. The Morgan fingerprint density at radius 1 is 1.23 bits per heavy atom. The molecule has 8 heteroatoms. The van der Waals surface area contributed by atoms with Gasteiger partial charge < -0.3 is 10.1 Å². The molecular formula is C14H12N2O5S. The molecule has 1 aromatic heterocycles. The zero-order chi connectivity index (χ0) is 16.1. The summed E-state index contributed by atoms with van der Waals surface area (Å²) in [6.07, 6.45) is 0. The zero-order valence-corrected chi connectivity index (χ0v) is 12.4. The number of thiophene rings is 1. The van der Waals surface area contributed by atoms with E-state index in [1.54, 1.807) is 12.1 Å². The zero-order valence-electron chi connectivity index (χ0n) is 11.6. The molecule has 0 saturated carbocycles. The highest BCUT2D eigenvalue weighted by Crippen LogP contribution is 2.17. The normalized spacial score (nSPS) is 10.0. The van der Waals surface area contributed by atoms with Crippen molar-refractivity contribution in [3.05, 3.63) is 56.3 Å². The monoisotopic (exact) mass is 320 g/mol. The smallest absolute Gasteiger partial charge is 0.348 e. The van der Waals surface area contributed by atoms with Crippen LogP contribution in [0.5, 0.6) is 0 Å². The molecule has 1 N–H and O–H groups in total. The van der Waals surface area contributed by atoms with Gasteiger partial charge in [-0.15, -0.1) is 11.3 Å². The van der Waals surface area contributed by atoms with Crippen LogP contribution in [0.1, 0.15) is 14.5 Å². The van der Waals surface area contributed by atoms with Gasteiger partial charge in [-0.05, 0) is 31.2 Å². The number of nitro benzene ring substituents is 1. The van der Waals surface area contributed by atoms with Gasteiger partial charge in [0.25, 0.3) is 11.6 Å². The molecule has 2 aromatic rings. The number of hydrogen-bond acceptors (Lipinski definition) is 6. The number of aryl methyl sites for hydroxylation is 1. The van der Waals surface area contributed by atoms with Gasteiger partial charge in [-0.2, -0.15) is 0 Å². The third-order valence-electron chi connectivity index (χ3n) is 2.64. The number of nitrogens with one attached hydrogen (secondary N) is 1. The molecule has 0 fully saturated rings. The first-order valence-electron chi connectivity index (χ1n) is 6.23. The summed E-state index contributed by atoms with van der Waals surface area (Å²) < 4.78 is 4.89. The molecule has 1 amide bonds. The van der Waals surface area contributed by atoms with Crippen molar-refractivity contribution in [2.24, 2.45) is 0 Å². The second-order valence-corrected chi connectivity index (χ2v) is 5.63. The van der Waals surface area contributed by atoms with E-state index in [0.29, 0.717) is 10.6 Å². The number of hydrogen-bond donors (Lipinski definition) is 1. The van der Waals surface area contributed by atoms with E-state index in [0.717, 1.165) is 4.88 Å². The largest absolute Gasteiger partial charge is 0.451 e. The summed E-state index contributed by atoms with van der Waals surface area (Å²) in [5.41, 5.74) is 0.316. The fraction of sp³-hybridized carbons (Fsp3) is 0.143. The molecule has 114 valence electrons. The van der Waals surface area contributed by atoms with E-state index in [1.165, 1.54) is 35.6 Å². The van der Waals surface area contributed by atoms with Crippen LogP contribution in [0.3, 0.4) is 0 Å². The first kappa shape index (κ1) is 15.6. The van der Waals surface area contributed by atoms with Crippen molar-refractivity contribution in [1.29, 1.82) is 0 Å². The maximum absolute atomic E-state index is 11.7. The number of non-ortho nitro benzene ring substituents is 1. The Labute approximate surface area is 129 Å². The lowest BCUT2D eigenvalue weighted by Gasteiger charge is -2.05. The lowest BCUT2D eigenvalue weighted by atomic mass is 10.3. The summed E-state index contributed by atoms with van der Waals surface area (Å²) in [5.74, 6) is -1.08. The van der Waals surface area contributed by atoms with Gasteiger partial charge in [-0.1, -0.05) is 0 Å². The van der Waals surface area contributed by atoms with Crippen molar-refractivity contribution in [1.82, 2.24) is 0 Å². The summed E-state index contributed by atoms with van der Waals surface area (Å²) in [7, 11) is 0. The molecule has 22 heavy (non-hydrogen) atoms. The molecule has 0 aliphatic carbocycles. The summed E-state index contributed by atoms with van der Waals surface area (Å²) in [6.45, 7) is 1.44. The molecule has 0 spiro atoms. The van der Waals surface area contributed by atoms with Crippen LogP contribution in [0.25, 0.3) is 0 Å². The van der Waals surface area contributed by atoms with E-state index in [2.05, 4.69) is 5.32 Å². The SMILES string of the molecule is Cc1ccc(C(=O)OCC(=O)Nc2ccc([N+](=O)[O-])cc2)s1. The molecule has 1 heterocycles. The van der Waals surface area contributed by atoms with Crippen molar-refractivity contribution >= 4 is 34.6 Å². The fourth-order valence-electron chi connectivity index (χ4n) is 1.61. The van der Waals surface area contributed by atoms with Crippen molar-refractivity contribution in [2.45, 2.75) is 6.92 Å². The maximum Gasteiger partial charge on any atom is 0.348 e. The predicted octanol–water partition coefficient (Wildman–Crippen LogP) is 2.76. The van der Waals surface area contributed by atoms with Gasteiger partial charge in [0.15, 0.2) is 6.61 Å². The number of rotatable bonds is 5. The number of amides is 1. The van der Waals surface area contributed by atoms with Gasteiger partial charge in [0, 0.05) is 22.7 Å². The third kappa shape index (κ3) is 4.13. The Balaban J connectivity index is 1.85. The minimum Gasteiger partial charge on any atom is -0.451 e. The average Bonchev–Trinajstić information content (AvgIpc) is 2.92. The number of carbonyl (C=O) groups is 2. The highest BCUT2D eigenvalue weighted by atomic mass is 32.1. The van der Waals surface area contributed by atoms with Crippen molar-refractivity contribution in [2.75, 3.05) is 11.9 Å². The summed E-state index contributed by atoms with van der Waals surface area (Å²) in [6, 6.07) is 8.78. The first-order chi connectivity index (χ1) is 10.5. The molecule has 0 atom stereocenters. The van der Waals surface area contributed by atoms with Gasteiger partial charge in [0.2, 0.25) is 0 Å². The lowest BCUT2D eigenvalue weighted by molar-refractivity contribution is -0.384. The highest BCUT2D eigenvalue weighted by Gasteiger charge is 2.12. The van der Waals surface area contributed by atoms with E-state index in [1.807, 2.05) is 6.92 Å². The second kappa shape index (κ2) is 6.81. The fourth-order valence-corrected chi connectivity index (χ4v) is 2.37. The molecule has 0 aliphatic rings. The van der Waals surface area contributed by atoms with Crippen LogP contribution in [0, 0.1) is 17.0 Å². The van der Waals surface area contributed by atoms with Crippen LogP contribution in [-0.2, 0) is 9.53 Å². The molecule has 0 bridgehead atoms. The van der Waals surface area contributed by atoms with Gasteiger partial charge in [0.1, 0.15) is 4.88 Å². The molecular weight excluding hydrogens is 308 g/mol. The lowest BCUT2D eigenvalue weighted by Crippen LogP contribution is -2.20. The number of nitrogens with zero attached hydrogens (tertiary/aromatic N) is 1. The minimum absolute atomic E-state index is 0.0718. The molecule has 0 aliphatic heterocycles. The number of carbonyl (C=O) groups excluding carboxylic acids is 2. The third-order valence-corrected chi connectivity index (χ3v) is 3.62. The summed E-state index contributed by atoms with van der Waals surface area (Å²) >= 11 is 1.29. The van der Waals surface area contributed by atoms with Crippen LogP contribution >= 0.6 is 11.3 Å². The van der Waals surface area contributed by atoms with E-state index in [4.69, 9.17) is 4.74 Å². The first-order valence-corrected chi connectivity index (χ1v) is 7.05. The summed E-state index contributed by atoms with van der Waals surface area (Å²) in [4.78, 5) is 34.7. The molecule has 1 aromatic carbocycles. The quantitative estimate of drug-likeness (QED) is 0.519. The Morgan fingerprint density at radius 3 is 2.45 bits per heavy atom. The second-order valence-electron chi connectivity index (χ2n) is 4.34. The molecule has 0 unspecified atom stereocenters. The van der Waals surface area contributed by atoms with Gasteiger partial charge in [0.05, 0.1) is 4.92 Å². The molecule has 0 radical (unpaired) electrons. The van der Waals surface area contributed by atoms with Crippen LogP contribution in [0.15, 0.2) is 36.4 Å². The van der Waals surface area contributed by atoms with Gasteiger partial charge >= 0.3 is 5.97 Å². The Bertz CT molecular complexity index is 708. The topological polar surface area (TPSA) is 98.5 Å². The Kier molecular flexibility index (Phi) is 4.84. The molecule has 7 nitrogen and oxygen atoms in total. The average molecular weight is 320 g/mol. The van der Waals surface area contributed by atoms with Crippen LogP contribution in [0.4, 0.5) is 11.4 Å². The number of nitro groups is 1. The summed E-state index contributed by atoms with van der Waals surface area (Å²) in [5, 5.41) is 13.0. The number of anilines is 1. The predicted molar refractivity (Wildman–Crippen MR) is 81.1 cm³/mol. The van der Waals surface area contributed by atoms with Crippen LogP contribution < -0.4 is 5.32 Å². The Morgan fingerprint density at radius 2 is 1.91 bits per heavy atom.